The van der Waals surface area contributed by atoms with Gasteiger partial charge in [-0.3, -0.25) is 4.79 Å². The molecule has 1 aliphatic carbocycles. The molecule has 1 saturated carbocycles. The number of rotatable bonds is 3. The maximum atomic E-state index is 12.8. The molecule has 2 N–H and O–H groups in total. The van der Waals surface area contributed by atoms with E-state index in [1.165, 1.54) is 0 Å². The standard InChI is InChI=1S/C15H14ClF3N2O/c1-8-4-12-9(6-11(8)16)5-10(21-12)7-20-13(22)14(2-3-14)15(17,18)19/h4-6,21H,2-3,7H2,1H3,(H,20,22). The molecule has 0 saturated heterocycles. The van der Waals surface area contributed by atoms with E-state index >= 15 is 0 Å². The van der Waals surface area contributed by atoms with Crippen molar-refractivity contribution < 1.29 is 18.0 Å². The van der Waals surface area contributed by atoms with Crippen LogP contribution in [0.4, 0.5) is 13.2 Å². The molecule has 1 heterocycles. The number of alkyl halides is 3. The van der Waals surface area contributed by atoms with Gasteiger partial charge in [0.2, 0.25) is 5.91 Å². The van der Waals surface area contributed by atoms with Crippen LogP contribution in [0.5, 0.6) is 0 Å². The molecule has 118 valence electrons. The molecule has 0 unspecified atom stereocenters. The highest BCUT2D eigenvalue weighted by Gasteiger charge is 2.68. The minimum absolute atomic E-state index is 0.0298. The lowest BCUT2D eigenvalue weighted by atomic mass is 10.1. The minimum atomic E-state index is -4.48. The number of nitrogens with one attached hydrogen (secondary N) is 2. The third-order valence-electron chi connectivity index (χ3n) is 4.12. The average Bonchev–Trinajstić information content (AvgIpc) is 3.15. The monoisotopic (exact) mass is 330 g/mol. The van der Waals surface area contributed by atoms with Gasteiger partial charge in [-0.2, -0.15) is 13.2 Å². The van der Waals surface area contributed by atoms with Crippen LogP contribution in [0.1, 0.15) is 24.1 Å². The molecule has 0 aliphatic heterocycles. The van der Waals surface area contributed by atoms with E-state index in [1.807, 2.05) is 13.0 Å². The molecule has 0 radical (unpaired) electrons. The van der Waals surface area contributed by atoms with Crippen molar-refractivity contribution in [3.63, 3.8) is 0 Å². The third-order valence-corrected chi connectivity index (χ3v) is 4.53. The van der Waals surface area contributed by atoms with Gasteiger partial charge in [-0.15, -0.1) is 0 Å². The Kier molecular flexibility index (Phi) is 3.40. The van der Waals surface area contributed by atoms with Crippen LogP contribution in [-0.2, 0) is 11.3 Å². The number of carbonyl (C=O) groups excluding carboxylic acids is 1. The fraction of sp³-hybridized carbons (Fsp3) is 0.400. The number of aromatic amines is 1. The molecular formula is C15H14ClF3N2O. The Morgan fingerprint density at radius 3 is 2.64 bits per heavy atom. The number of carbonyl (C=O) groups is 1. The maximum absolute atomic E-state index is 12.8. The zero-order valence-electron chi connectivity index (χ0n) is 11.8. The highest BCUT2D eigenvalue weighted by Crippen LogP contribution is 2.57. The fourth-order valence-corrected chi connectivity index (χ4v) is 2.70. The predicted molar refractivity (Wildman–Crippen MR) is 77.6 cm³/mol. The lowest BCUT2D eigenvalue weighted by Crippen LogP contribution is -2.40. The van der Waals surface area contributed by atoms with Gasteiger partial charge in [-0.25, -0.2) is 0 Å². The third kappa shape index (κ3) is 2.45. The first-order valence-corrected chi connectivity index (χ1v) is 7.23. The largest absolute Gasteiger partial charge is 0.403 e. The second-order valence-corrected chi connectivity index (χ2v) is 6.15. The normalized spacial score (nSPS) is 16.8. The molecule has 2 aromatic rings. The van der Waals surface area contributed by atoms with Crippen LogP contribution in [0.2, 0.25) is 5.02 Å². The number of H-pyrrole nitrogens is 1. The van der Waals surface area contributed by atoms with E-state index in [9.17, 15) is 18.0 Å². The van der Waals surface area contributed by atoms with Gasteiger partial charge < -0.3 is 10.3 Å². The molecule has 3 nitrogen and oxygen atoms in total. The van der Waals surface area contributed by atoms with Crippen LogP contribution in [0, 0.1) is 12.3 Å². The summed E-state index contributed by atoms with van der Waals surface area (Å²) in [6.45, 7) is 1.90. The Hall–Kier alpha value is -1.69. The summed E-state index contributed by atoms with van der Waals surface area (Å²) in [5, 5.41) is 3.85. The van der Waals surface area contributed by atoms with E-state index in [0.717, 1.165) is 16.5 Å². The highest BCUT2D eigenvalue weighted by atomic mass is 35.5. The van der Waals surface area contributed by atoms with E-state index < -0.39 is 17.5 Å². The molecule has 22 heavy (non-hydrogen) atoms. The molecule has 0 atom stereocenters. The number of benzene rings is 1. The van der Waals surface area contributed by atoms with Gasteiger partial charge in [0.1, 0.15) is 5.41 Å². The average molecular weight is 331 g/mol. The number of fused-ring (bicyclic) bond motifs is 1. The van der Waals surface area contributed by atoms with Gasteiger partial charge >= 0.3 is 6.18 Å². The number of aromatic nitrogens is 1. The van der Waals surface area contributed by atoms with Crippen LogP contribution >= 0.6 is 11.6 Å². The Balaban J connectivity index is 1.73. The van der Waals surface area contributed by atoms with Gasteiger partial charge in [-0.1, -0.05) is 11.6 Å². The van der Waals surface area contributed by atoms with E-state index in [0.29, 0.717) is 10.7 Å². The molecule has 1 aromatic heterocycles. The van der Waals surface area contributed by atoms with Gasteiger partial charge in [0.15, 0.2) is 0 Å². The summed E-state index contributed by atoms with van der Waals surface area (Å²) in [6, 6.07) is 5.42. The molecule has 3 rings (SSSR count). The molecule has 1 aliphatic rings. The highest BCUT2D eigenvalue weighted by molar-refractivity contribution is 6.32. The van der Waals surface area contributed by atoms with Crippen molar-refractivity contribution in [1.82, 2.24) is 10.3 Å². The van der Waals surface area contributed by atoms with Gasteiger partial charge in [0, 0.05) is 21.6 Å². The van der Waals surface area contributed by atoms with Crippen molar-refractivity contribution >= 4 is 28.4 Å². The predicted octanol–water partition coefficient (Wildman–Crippen LogP) is 4.09. The number of hydrogen-bond donors (Lipinski definition) is 2. The summed E-state index contributed by atoms with van der Waals surface area (Å²) < 4.78 is 38.5. The Bertz CT molecular complexity index is 708. The van der Waals surface area contributed by atoms with E-state index in [4.69, 9.17) is 11.6 Å². The summed E-state index contributed by atoms with van der Waals surface area (Å²) in [5.74, 6) is -0.951. The van der Waals surface area contributed by atoms with Crippen molar-refractivity contribution in [2.24, 2.45) is 5.41 Å². The van der Waals surface area contributed by atoms with Crippen LogP contribution in [0.25, 0.3) is 10.9 Å². The molecule has 1 aromatic carbocycles. The van der Waals surface area contributed by atoms with E-state index in [-0.39, 0.29) is 19.4 Å². The van der Waals surface area contributed by atoms with Gasteiger partial charge in [0.05, 0.1) is 6.54 Å². The van der Waals surface area contributed by atoms with Crippen LogP contribution in [0.3, 0.4) is 0 Å². The molecule has 1 fully saturated rings. The van der Waals surface area contributed by atoms with Crippen LogP contribution in [-0.4, -0.2) is 17.1 Å². The van der Waals surface area contributed by atoms with E-state index in [1.54, 1.807) is 12.1 Å². The smallest absolute Gasteiger partial charge is 0.357 e. The van der Waals surface area contributed by atoms with Gasteiger partial charge in [-0.05, 0) is 43.5 Å². The Labute approximate surface area is 129 Å². The Morgan fingerprint density at radius 1 is 1.36 bits per heavy atom. The zero-order valence-corrected chi connectivity index (χ0v) is 12.5. The zero-order chi connectivity index (χ0) is 16.1. The van der Waals surface area contributed by atoms with Gasteiger partial charge in [0.25, 0.3) is 0 Å². The maximum Gasteiger partial charge on any atom is 0.403 e. The molecule has 1 amide bonds. The van der Waals surface area contributed by atoms with E-state index in [2.05, 4.69) is 10.3 Å². The van der Waals surface area contributed by atoms with Crippen molar-refractivity contribution in [3.05, 3.63) is 34.5 Å². The van der Waals surface area contributed by atoms with Crippen molar-refractivity contribution in [3.8, 4) is 0 Å². The first-order valence-electron chi connectivity index (χ1n) is 6.86. The SMILES string of the molecule is Cc1cc2[nH]c(CNC(=O)C3(C(F)(F)F)CC3)cc2cc1Cl. The van der Waals surface area contributed by atoms with Crippen molar-refractivity contribution in [2.75, 3.05) is 0 Å². The summed E-state index contributed by atoms with van der Waals surface area (Å²) in [7, 11) is 0. The molecule has 0 spiro atoms. The van der Waals surface area contributed by atoms with Crippen molar-refractivity contribution in [1.29, 1.82) is 0 Å². The molecule has 7 heteroatoms. The van der Waals surface area contributed by atoms with Crippen LogP contribution in [0.15, 0.2) is 18.2 Å². The first kappa shape index (κ1) is 15.2. The van der Waals surface area contributed by atoms with Crippen molar-refractivity contribution in [2.45, 2.75) is 32.5 Å². The summed E-state index contributed by atoms with van der Waals surface area (Å²) in [6.07, 6.45) is -4.75. The number of aryl methyl sites for hydroxylation is 1. The lowest BCUT2D eigenvalue weighted by molar-refractivity contribution is -0.192. The number of amides is 1. The summed E-state index contributed by atoms with van der Waals surface area (Å²) in [5.41, 5.74) is 0.200. The molecule has 0 bridgehead atoms. The summed E-state index contributed by atoms with van der Waals surface area (Å²) in [4.78, 5) is 14.9. The second kappa shape index (κ2) is 4.91. The Morgan fingerprint density at radius 2 is 2.05 bits per heavy atom. The first-order chi connectivity index (χ1) is 10.2. The van der Waals surface area contributed by atoms with Crippen LogP contribution < -0.4 is 5.32 Å². The topological polar surface area (TPSA) is 44.9 Å². The summed E-state index contributed by atoms with van der Waals surface area (Å²) >= 11 is 6.03. The quantitative estimate of drug-likeness (QED) is 0.874. The fourth-order valence-electron chi connectivity index (χ4n) is 2.53. The lowest BCUT2D eigenvalue weighted by Gasteiger charge is -2.18. The number of hydrogen-bond acceptors (Lipinski definition) is 1. The second-order valence-electron chi connectivity index (χ2n) is 5.75. The number of halogens is 4. The molecular weight excluding hydrogens is 317 g/mol. The minimum Gasteiger partial charge on any atom is -0.357 e.